The van der Waals surface area contributed by atoms with Gasteiger partial charge in [-0.15, -0.1) is 11.8 Å². The van der Waals surface area contributed by atoms with E-state index < -0.39 is 10.2 Å². The minimum absolute atomic E-state index is 0.0000661. The number of nitro groups is 1. The monoisotopic (exact) mass is 330 g/mol. The standard InChI is InChI=1S/C17H18N2O3S/c1-12(2)18-17(20)16(13-8-4-3-5-9-13)23-15-11-7-6-10-14(15)19(21)22/h3-12,16H,1-2H3,(H,18,20)/t16-/m0/s1. The van der Waals surface area contributed by atoms with Crippen LogP contribution in [-0.4, -0.2) is 16.9 Å². The molecular formula is C17H18N2O3S. The summed E-state index contributed by atoms with van der Waals surface area (Å²) in [5.74, 6) is -0.158. The number of hydrogen-bond donors (Lipinski definition) is 1. The van der Waals surface area contributed by atoms with Crippen molar-refractivity contribution >= 4 is 23.4 Å². The average Bonchev–Trinajstić information content (AvgIpc) is 2.53. The van der Waals surface area contributed by atoms with Crippen molar-refractivity contribution in [3.63, 3.8) is 0 Å². The van der Waals surface area contributed by atoms with Crippen molar-refractivity contribution in [1.29, 1.82) is 0 Å². The third kappa shape index (κ3) is 4.56. The Labute approximate surface area is 139 Å². The molecule has 120 valence electrons. The molecule has 1 atom stereocenters. The lowest BCUT2D eigenvalue weighted by Crippen LogP contribution is -2.33. The van der Waals surface area contributed by atoms with Crippen LogP contribution in [0.2, 0.25) is 0 Å². The van der Waals surface area contributed by atoms with Gasteiger partial charge in [-0.1, -0.05) is 42.5 Å². The molecule has 2 rings (SSSR count). The number of carbonyl (C=O) groups excluding carboxylic acids is 1. The van der Waals surface area contributed by atoms with Crippen LogP contribution in [0.15, 0.2) is 59.5 Å². The SMILES string of the molecule is CC(C)NC(=O)[C@@H](Sc1ccccc1[N+](=O)[O-])c1ccccc1. The van der Waals surface area contributed by atoms with Crippen molar-refractivity contribution in [2.45, 2.75) is 30.0 Å². The van der Waals surface area contributed by atoms with Crippen molar-refractivity contribution in [3.05, 3.63) is 70.3 Å². The molecule has 6 heteroatoms. The Morgan fingerprint density at radius 1 is 1.09 bits per heavy atom. The molecule has 2 aromatic rings. The van der Waals surface area contributed by atoms with Crippen molar-refractivity contribution < 1.29 is 9.72 Å². The fourth-order valence-corrected chi connectivity index (χ4v) is 3.24. The molecule has 0 aromatic heterocycles. The van der Waals surface area contributed by atoms with E-state index >= 15 is 0 Å². The topological polar surface area (TPSA) is 72.2 Å². The second kappa shape index (κ2) is 7.78. The van der Waals surface area contributed by atoms with Gasteiger partial charge in [0.25, 0.3) is 5.69 Å². The summed E-state index contributed by atoms with van der Waals surface area (Å²) in [5, 5.41) is 13.5. The molecule has 0 heterocycles. The summed E-state index contributed by atoms with van der Waals surface area (Å²) >= 11 is 1.19. The normalized spacial score (nSPS) is 12.0. The third-order valence-corrected chi connectivity index (χ3v) is 4.40. The lowest BCUT2D eigenvalue weighted by molar-refractivity contribution is -0.387. The molecule has 0 unspecified atom stereocenters. The zero-order valence-electron chi connectivity index (χ0n) is 12.9. The van der Waals surface area contributed by atoms with Gasteiger partial charge in [0.1, 0.15) is 5.25 Å². The highest BCUT2D eigenvalue weighted by molar-refractivity contribution is 8.00. The van der Waals surface area contributed by atoms with Crippen LogP contribution in [-0.2, 0) is 4.79 Å². The fraction of sp³-hybridized carbons (Fsp3) is 0.235. The van der Waals surface area contributed by atoms with E-state index in [0.29, 0.717) is 4.90 Å². The van der Waals surface area contributed by atoms with Gasteiger partial charge in [-0.25, -0.2) is 0 Å². The Kier molecular flexibility index (Phi) is 5.76. The van der Waals surface area contributed by atoms with Crippen molar-refractivity contribution in [2.24, 2.45) is 0 Å². The van der Waals surface area contributed by atoms with Crippen LogP contribution >= 0.6 is 11.8 Å². The lowest BCUT2D eigenvalue weighted by atomic mass is 10.1. The summed E-state index contributed by atoms with van der Waals surface area (Å²) in [6.45, 7) is 3.77. The van der Waals surface area contributed by atoms with Crippen LogP contribution in [0.1, 0.15) is 24.7 Å². The molecule has 0 aliphatic carbocycles. The summed E-state index contributed by atoms with van der Waals surface area (Å²) in [7, 11) is 0. The summed E-state index contributed by atoms with van der Waals surface area (Å²) in [6, 6.07) is 15.8. The summed E-state index contributed by atoms with van der Waals surface area (Å²) in [5.41, 5.74) is 0.824. The highest BCUT2D eigenvalue weighted by Gasteiger charge is 2.25. The van der Waals surface area contributed by atoms with E-state index in [2.05, 4.69) is 5.32 Å². The number of carbonyl (C=O) groups is 1. The van der Waals surface area contributed by atoms with Crippen LogP contribution in [0.3, 0.4) is 0 Å². The van der Waals surface area contributed by atoms with Crippen LogP contribution in [0.25, 0.3) is 0 Å². The molecule has 0 radical (unpaired) electrons. The van der Waals surface area contributed by atoms with E-state index in [1.165, 1.54) is 17.8 Å². The molecule has 0 spiro atoms. The van der Waals surface area contributed by atoms with Gasteiger partial charge in [0.15, 0.2) is 0 Å². The molecule has 2 aromatic carbocycles. The second-order valence-corrected chi connectivity index (χ2v) is 6.44. The van der Waals surface area contributed by atoms with Gasteiger partial charge in [-0.05, 0) is 25.5 Å². The number of nitrogens with one attached hydrogen (secondary N) is 1. The Bertz CT molecular complexity index is 689. The zero-order valence-corrected chi connectivity index (χ0v) is 13.7. The Balaban J connectivity index is 2.36. The number of rotatable bonds is 6. The van der Waals surface area contributed by atoms with Crippen LogP contribution in [0, 0.1) is 10.1 Å². The van der Waals surface area contributed by atoms with Crippen molar-refractivity contribution in [2.75, 3.05) is 0 Å². The Morgan fingerprint density at radius 2 is 1.70 bits per heavy atom. The molecular weight excluding hydrogens is 312 g/mol. The number of hydrogen-bond acceptors (Lipinski definition) is 4. The summed E-state index contributed by atoms with van der Waals surface area (Å²) < 4.78 is 0. The van der Waals surface area contributed by atoms with Gasteiger partial charge in [0.05, 0.1) is 9.82 Å². The van der Waals surface area contributed by atoms with E-state index in [9.17, 15) is 14.9 Å². The largest absolute Gasteiger partial charge is 0.353 e. The first-order valence-corrected chi connectivity index (χ1v) is 8.12. The summed E-state index contributed by atoms with van der Waals surface area (Å²) in [4.78, 5) is 23.8. The molecule has 0 saturated heterocycles. The molecule has 0 aliphatic rings. The van der Waals surface area contributed by atoms with Gasteiger partial charge in [0, 0.05) is 12.1 Å². The van der Waals surface area contributed by atoms with Gasteiger partial charge in [0.2, 0.25) is 5.91 Å². The molecule has 5 nitrogen and oxygen atoms in total. The number of benzene rings is 2. The number of amides is 1. The van der Waals surface area contributed by atoms with Crippen LogP contribution in [0.4, 0.5) is 5.69 Å². The first-order valence-electron chi connectivity index (χ1n) is 7.24. The fourth-order valence-electron chi connectivity index (χ4n) is 2.10. The van der Waals surface area contributed by atoms with Crippen LogP contribution < -0.4 is 5.32 Å². The van der Waals surface area contributed by atoms with Gasteiger partial charge in [-0.3, -0.25) is 14.9 Å². The first-order chi connectivity index (χ1) is 11.0. The highest BCUT2D eigenvalue weighted by Crippen LogP contribution is 2.39. The van der Waals surface area contributed by atoms with Gasteiger partial charge in [-0.2, -0.15) is 0 Å². The molecule has 0 bridgehead atoms. The molecule has 1 amide bonds. The Morgan fingerprint density at radius 3 is 2.30 bits per heavy atom. The number of nitrogens with zero attached hydrogens (tertiary/aromatic N) is 1. The quantitative estimate of drug-likeness (QED) is 0.494. The van der Waals surface area contributed by atoms with Gasteiger partial charge < -0.3 is 5.32 Å². The maximum Gasteiger partial charge on any atom is 0.282 e. The predicted octanol–water partition coefficient (Wildman–Crippen LogP) is 3.95. The molecule has 1 N–H and O–H groups in total. The average molecular weight is 330 g/mol. The lowest BCUT2D eigenvalue weighted by Gasteiger charge is -2.18. The van der Waals surface area contributed by atoms with Crippen molar-refractivity contribution in [1.82, 2.24) is 5.32 Å². The summed E-state index contributed by atoms with van der Waals surface area (Å²) in [6.07, 6.45) is 0. The van der Waals surface area contributed by atoms with Gasteiger partial charge >= 0.3 is 0 Å². The number of nitro benzene ring substituents is 1. The van der Waals surface area contributed by atoms with E-state index in [1.54, 1.807) is 18.2 Å². The van der Waals surface area contributed by atoms with Crippen LogP contribution in [0.5, 0.6) is 0 Å². The molecule has 0 fully saturated rings. The molecule has 0 aliphatic heterocycles. The maximum absolute atomic E-state index is 12.5. The van der Waals surface area contributed by atoms with E-state index in [-0.39, 0.29) is 17.6 Å². The number of para-hydroxylation sites is 1. The maximum atomic E-state index is 12.5. The smallest absolute Gasteiger partial charge is 0.282 e. The van der Waals surface area contributed by atoms with E-state index in [4.69, 9.17) is 0 Å². The Hall–Kier alpha value is -2.34. The first kappa shape index (κ1) is 17.0. The van der Waals surface area contributed by atoms with E-state index in [1.807, 2.05) is 44.2 Å². The third-order valence-electron chi connectivity index (χ3n) is 3.08. The molecule has 0 saturated carbocycles. The zero-order chi connectivity index (χ0) is 16.8. The van der Waals surface area contributed by atoms with E-state index in [0.717, 1.165) is 5.56 Å². The predicted molar refractivity (Wildman–Crippen MR) is 91.4 cm³/mol. The second-order valence-electron chi connectivity index (χ2n) is 5.30. The minimum Gasteiger partial charge on any atom is -0.353 e. The number of thioether (sulfide) groups is 1. The van der Waals surface area contributed by atoms with Crippen molar-refractivity contribution in [3.8, 4) is 0 Å². The highest BCUT2D eigenvalue weighted by atomic mass is 32.2. The molecule has 23 heavy (non-hydrogen) atoms. The minimum atomic E-state index is -0.542.